The molecule has 24 heavy (non-hydrogen) atoms. The van der Waals surface area contributed by atoms with Crippen LogP contribution in [0.2, 0.25) is 0 Å². The Balaban J connectivity index is 1.98. The number of anilines is 2. The topological polar surface area (TPSA) is 67.6 Å². The van der Waals surface area contributed by atoms with Gasteiger partial charge in [0.2, 0.25) is 0 Å². The van der Waals surface area contributed by atoms with Crippen molar-refractivity contribution in [1.82, 2.24) is 0 Å². The molecule has 1 aliphatic carbocycles. The van der Waals surface area contributed by atoms with Crippen molar-refractivity contribution >= 4 is 17.5 Å². The Bertz CT molecular complexity index is 537. The lowest BCUT2D eigenvalue weighted by Gasteiger charge is -2.24. The number of benzene rings is 1. The van der Waals surface area contributed by atoms with Gasteiger partial charge in [-0.1, -0.05) is 12.8 Å². The third-order valence-corrected chi connectivity index (χ3v) is 4.99. The number of rotatable bonds is 7. The quantitative estimate of drug-likeness (QED) is 0.794. The van der Waals surface area contributed by atoms with E-state index in [4.69, 9.17) is 10.5 Å². The summed E-state index contributed by atoms with van der Waals surface area (Å²) in [5.74, 6) is 0.409. The summed E-state index contributed by atoms with van der Waals surface area (Å²) < 4.78 is 5.58. The summed E-state index contributed by atoms with van der Waals surface area (Å²) in [7, 11) is 0. The third-order valence-electron chi connectivity index (χ3n) is 4.99. The van der Waals surface area contributed by atoms with Crippen molar-refractivity contribution < 1.29 is 9.53 Å². The molecule has 1 aromatic carbocycles. The van der Waals surface area contributed by atoms with Crippen molar-refractivity contribution in [2.75, 3.05) is 29.9 Å². The van der Waals surface area contributed by atoms with E-state index in [-0.39, 0.29) is 6.10 Å². The van der Waals surface area contributed by atoms with Crippen LogP contribution in [0, 0.1) is 12.8 Å². The van der Waals surface area contributed by atoms with E-state index < -0.39 is 6.09 Å². The summed E-state index contributed by atoms with van der Waals surface area (Å²) in [6.45, 7) is 8.59. The molecular formula is C19H31N3O2. The second-order valence-electron chi connectivity index (χ2n) is 6.52. The van der Waals surface area contributed by atoms with E-state index in [9.17, 15) is 4.79 Å². The minimum Gasteiger partial charge on any atom is -0.444 e. The lowest BCUT2D eigenvalue weighted by atomic mass is 10.0. The van der Waals surface area contributed by atoms with Crippen molar-refractivity contribution in [2.24, 2.45) is 11.7 Å². The molecule has 0 aromatic heterocycles. The van der Waals surface area contributed by atoms with E-state index in [1.54, 1.807) is 0 Å². The second-order valence-corrected chi connectivity index (χ2v) is 6.52. The number of aryl methyl sites for hydroxylation is 1. The van der Waals surface area contributed by atoms with Gasteiger partial charge in [0.1, 0.15) is 6.10 Å². The van der Waals surface area contributed by atoms with Crippen molar-refractivity contribution in [3.8, 4) is 0 Å². The van der Waals surface area contributed by atoms with E-state index >= 15 is 0 Å². The molecule has 0 bridgehead atoms. The van der Waals surface area contributed by atoms with Crippen molar-refractivity contribution in [3.63, 3.8) is 0 Å². The van der Waals surface area contributed by atoms with Crippen LogP contribution in [-0.4, -0.2) is 31.8 Å². The number of nitrogens with one attached hydrogen (secondary N) is 1. The van der Waals surface area contributed by atoms with Crippen LogP contribution in [0.25, 0.3) is 0 Å². The van der Waals surface area contributed by atoms with Crippen molar-refractivity contribution in [2.45, 2.75) is 52.6 Å². The van der Waals surface area contributed by atoms with Crippen LogP contribution in [0.1, 0.15) is 45.1 Å². The van der Waals surface area contributed by atoms with Gasteiger partial charge in [0.05, 0.1) is 0 Å². The fourth-order valence-corrected chi connectivity index (χ4v) is 3.52. The summed E-state index contributed by atoms with van der Waals surface area (Å²) >= 11 is 0. The molecular weight excluding hydrogens is 302 g/mol. The maximum absolute atomic E-state index is 12.2. The van der Waals surface area contributed by atoms with Crippen molar-refractivity contribution in [1.29, 1.82) is 0 Å². The van der Waals surface area contributed by atoms with Crippen molar-refractivity contribution in [3.05, 3.63) is 23.8 Å². The predicted octanol–water partition coefficient (Wildman–Crippen LogP) is 3.91. The highest BCUT2D eigenvalue weighted by atomic mass is 16.6. The lowest BCUT2D eigenvalue weighted by Crippen LogP contribution is -2.34. The number of hydrogen-bond donors (Lipinski definition) is 2. The predicted molar refractivity (Wildman–Crippen MR) is 99.6 cm³/mol. The molecule has 2 rings (SSSR count). The van der Waals surface area contributed by atoms with Gasteiger partial charge < -0.3 is 15.4 Å². The highest BCUT2D eigenvalue weighted by Gasteiger charge is 2.27. The van der Waals surface area contributed by atoms with E-state index in [0.717, 1.165) is 37.2 Å². The molecule has 0 radical (unpaired) electrons. The van der Waals surface area contributed by atoms with Gasteiger partial charge in [0, 0.05) is 31.0 Å². The van der Waals surface area contributed by atoms with Crippen LogP contribution in [0.5, 0.6) is 0 Å². The Labute approximate surface area is 145 Å². The molecule has 0 aliphatic heterocycles. The smallest absolute Gasteiger partial charge is 0.411 e. The number of carbonyl (C=O) groups excluding carboxylic acids is 1. The lowest BCUT2D eigenvalue weighted by molar-refractivity contribution is 0.0787. The molecule has 134 valence electrons. The van der Waals surface area contributed by atoms with Gasteiger partial charge in [0.15, 0.2) is 0 Å². The summed E-state index contributed by atoms with van der Waals surface area (Å²) in [5, 5.41) is 2.87. The minimum atomic E-state index is -0.406. The van der Waals surface area contributed by atoms with Crippen LogP contribution in [-0.2, 0) is 4.74 Å². The van der Waals surface area contributed by atoms with Gasteiger partial charge in [-0.05, 0) is 63.3 Å². The number of hydrogen-bond acceptors (Lipinski definition) is 4. The SMILES string of the molecule is CCN(CC)c1ccc(NC(=O)OC(CN)C2CCCC2)c(C)c1. The number of nitrogens with two attached hydrogens (primary N) is 1. The van der Waals surface area contributed by atoms with Gasteiger partial charge in [-0.25, -0.2) is 4.79 Å². The monoisotopic (exact) mass is 333 g/mol. The number of ether oxygens (including phenoxy) is 1. The summed E-state index contributed by atoms with van der Waals surface area (Å²) in [6.07, 6.45) is 4.04. The molecule has 1 saturated carbocycles. The minimum absolute atomic E-state index is 0.178. The number of amides is 1. The van der Waals surface area contributed by atoms with Gasteiger partial charge in [0.25, 0.3) is 0 Å². The van der Waals surface area contributed by atoms with Crippen LogP contribution in [0.15, 0.2) is 18.2 Å². The summed E-state index contributed by atoms with van der Waals surface area (Å²) in [4.78, 5) is 14.5. The van der Waals surface area contributed by atoms with Crippen LogP contribution in [0.4, 0.5) is 16.2 Å². The molecule has 1 amide bonds. The maximum Gasteiger partial charge on any atom is 0.411 e. The molecule has 3 N–H and O–H groups in total. The summed E-state index contributed by atoms with van der Waals surface area (Å²) in [6, 6.07) is 6.07. The fraction of sp³-hybridized carbons (Fsp3) is 0.632. The first-order valence-corrected chi connectivity index (χ1v) is 9.12. The second kappa shape index (κ2) is 8.92. The average Bonchev–Trinajstić information content (AvgIpc) is 3.10. The first-order chi connectivity index (χ1) is 11.6. The molecule has 1 aromatic rings. The Hall–Kier alpha value is -1.75. The largest absolute Gasteiger partial charge is 0.444 e. The summed E-state index contributed by atoms with van der Waals surface area (Å²) in [5.41, 5.74) is 8.79. The first-order valence-electron chi connectivity index (χ1n) is 9.12. The zero-order valence-electron chi connectivity index (χ0n) is 15.2. The Morgan fingerprint density at radius 2 is 2.00 bits per heavy atom. The van der Waals surface area contributed by atoms with Crippen LogP contribution < -0.4 is 16.0 Å². The number of nitrogens with zero attached hydrogens (tertiary/aromatic N) is 1. The standard InChI is InChI=1S/C19H31N3O2/c1-4-22(5-2)16-10-11-17(14(3)12-16)21-19(23)24-18(13-20)15-8-6-7-9-15/h10-12,15,18H,4-9,13,20H2,1-3H3,(H,21,23). The third kappa shape index (κ3) is 4.63. The van der Waals surface area contributed by atoms with E-state index in [0.29, 0.717) is 12.5 Å². The number of carbonyl (C=O) groups is 1. The van der Waals surface area contributed by atoms with E-state index in [1.165, 1.54) is 18.5 Å². The molecule has 5 nitrogen and oxygen atoms in total. The van der Waals surface area contributed by atoms with Gasteiger partial charge in [-0.2, -0.15) is 0 Å². The van der Waals surface area contributed by atoms with Gasteiger partial charge in [-0.15, -0.1) is 0 Å². The van der Waals surface area contributed by atoms with E-state index in [2.05, 4.69) is 30.1 Å². The molecule has 0 spiro atoms. The zero-order valence-corrected chi connectivity index (χ0v) is 15.2. The Morgan fingerprint density at radius 3 is 2.54 bits per heavy atom. The first kappa shape index (κ1) is 18.6. The maximum atomic E-state index is 12.2. The van der Waals surface area contributed by atoms with E-state index in [1.807, 2.05) is 19.1 Å². The van der Waals surface area contributed by atoms with Gasteiger partial charge in [-0.3, -0.25) is 5.32 Å². The highest BCUT2D eigenvalue weighted by molar-refractivity contribution is 5.86. The molecule has 1 unspecified atom stereocenters. The molecule has 1 atom stereocenters. The normalized spacial score (nSPS) is 16.0. The molecule has 1 aliphatic rings. The zero-order chi connectivity index (χ0) is 17.5. The Kier molecular flexibility index (Phi) is 6.91. The molecule has 1 fully saturated rings. The fourth-order valence-electron chi connectivity index (χ4n) is 3.52. The highest BCUT2D eigenvalue weighted by Crippen LogP contribution is 2.29. The van der Waals surface area contributed by atoms with Crippen LogP contribution in [0.3, 0.4) is 0 Å². The average molecular weight is 333 g/mol. The Morgan fingerprint density at radius 1 is 1.33 bits per heavy atom. The molecule has 0 saturated heterocycles. The van der Waals surface area contributed by atoms with Crippen LogP contribution >= 0.6 is 0 Å². The molecule has 0 heterocycles. The molecule has 5 heteroatoms. The van der Waals surface area contributed by atoms with Gasteiger partial charge >= 0.3 is 6.09 Å².